The summed E-state index contributed by atoms with van der Waals surface area (Å²) in [7, 11) is 0. The lowest BCUT2D eigenvalue weighted by molar-refractivity contribution is -0.138. The molecule has 5 nitrogen and oxygen atoms in total. The molecule has 1 amide bonds. The van der Waals surface area contributed by atoms with Crippen molar-refractivity contribution in [1.82, 2.24) is 0 Å². The topological polar surface area (TPSA) is 78.8 Å². The number of carboxylic acid groups (broad SMARTS) is 1. The Balaban J connectivity index is 2.19. The van der Waals surface area contributed by atoms with Crippen LogP contribution < -0.4 is 5.32 Å². The van der Waals surface area contributed by atoms with Crippen LogP contribution in [0.2, 0.25) is 5.02 Å². The van der Waals surface area contributed by atoms with Crippen molar-refractivity contribution in [2.75, 3.05) is 5.32 Å². The highest BCUT2D eigenvalue weighted by molar-refractivity contribution is 6.32. The lowest BCUT2D eigenvalue weighted by atomic mass is 9.97. The quantitative estimate of drug-likeness (QED) is 0.855. The minimum atomic E-state index is -1.03. The molecular weight excluding hydrogens is 359 g/mol. The Morgan fingerprint density at radius 3 is 2.73 bits per heavy atom. The maximum absolute atomic E-state index is 14.4. The van der Waals surface area contributed by atoms with E-state index in [0.717, 1.165) is 0 Å². The maximum Gasteiger partial charge on any atom is 0.303 e. The number of nitrogens with one attached hydrogen (secondary N) is 1. The molecule has 7 heteroatoms. The number of benzene rings is 2. The van der Waals surface area contributed by atoms with Gasteiger partial charge in [-0.15, -0.1) is 0 Å². The summed E-state index contributed by atoms with van der Waals surface area (Å²) in [5, 5.41) is 12.2. The third kappa shape index (κ3) is 3.60. The van der Waals surface area contributed by atoms with Gasteiger partial charge >= 0.3 is 5.97 Å². The van der Waals surface area contributed by atoms with Crippen LogP contribution in [0.3, 0.4) is 0 Å². The van der Waals surface area contributed by atoms with Gasteiger partial charge in [-0.05, 0) is 36.2 Å². The normalized spacial score (nSPS) is 17.6. The minimum Gasteiger partial charge on any atom is -0.481 e. The van der Waals surface area contributed by atoms with Gasteiger partial charge < -0.3 is 10.4 Å². The predicted molar refractivity (Wildman–Crippen MR) is 97.3 cm³/mol. The van der Waals surface area contributed by atoms with E-state index in [0.29, 0.717) is 16.3 Å². The molecule has 2 N–H and O–H groups in total. The van der Waals surface area contributed by atoms with Crippen molar-refractivity contribution in [2.24, 2.45) is 10.9 Å². The van der Waals surface area contributed by atoms with Gasteiger partial charge in [-0.25, -0.2) is 4.39 Å². The zero-order valence-electron chi connectivity index (χ0n) is 13.9. The Morgan fingerprint density at radius 1 is 1.31 bits per heavy atom. The molecular formula is C19H16ClFN2O3. The largest absolute Gasteiger partial charge is 0.481 e. The van der Waals surface area contributed by atoms with Gasteiger partial charge in [-0.2, -0.15) is 0 Å². The minimum absolute atomic E-state index is 0.222. The molecule has 0 radical (unpaired) electrons. The Morgan fingerprint density at radius 2 is 2.04 bits per heavy atom. The molecule has 134 valence electrons. The second-order valence-electron chi connectivity index (χ2n) is 6.16. The molecule has 3 rings (SSSR count). The molecule has 0 saturated carbocycles. The number of carbonyl (C=O) groups excluding carboxylic acids is 1. The molecule has 0 bridgehead atoms. The van der Waals surface area contributed by atoms with Crippen LogP contribution in [-0.2, 0) is 9.59 Å². The van der Waals surface area contributed by atoms with E-state index in [1.807, 2.05) is 0 Å². The first-order valence-electron chi connectivity index (χ1n) is 8.02. The van der Waals surface area contributed by atoms with Crippen molar-refractivity contribution < 1.29 is 19.1 Å². The van der Waals surface area contributed by atoms with Crippen molar-refractivity contribution in [3.8, 4) is 0 Å². The summed E-state index contributed by atoms with van der Waals surface area (Å²) in [6, 6.07) is 9.96. The van der Waals surface area contributed by atoms with Crippen LogP contribution in [0.1, 0.15) is 24.5 Å². The number of carboxylic acids is 1. The summed E-state index contributed by atoms with van der Waals surface area (Å²) in [4.78, 5) is 28.1. The van der Waals surface area contributed by atoms with Crippen LogP contribution in [0.15, 0.2) is 47.5 Å². The standard InChI is InChI=1S/C19H16ClFN2O3/c1-10(8-16(24)25)17-19(26)22-15-7-6-11(20)9-13(15)18(23-17)12-4-2-3-5-14(12)21/h2-7,9-10,17H,8H2,1H3,(H,22,26)(H,24,25)/t10?,17-/m0/s1. The lowest BCUT2D eigenvalue weighted by Crippen LogP contribution is -2.32. The van der Waals surface area contributed by atoms with Gasteiger partial charge in [0.25, 0.3) is 0 Å². The second-order valence-corrected chi connectivity index (χ2v) is 6.59. The number of fused-ring (bicyclic) bond motifs is 1. The highest BCUT2D eigenvalue weighted by Gasteiger charge is 2.31. The highest BCUT2D eigenvalue weighted by atomic mass is 35.5. The molecule has 0 aliphatic carbocycles. The molecule has 2 aromatic carbocycles. The van der Waals surface area contributed by atoms with E-state index in [4.69, 9.17) is 16.7 Å². The number of aliphatic imine (C=N–C) groups is 1. The number of anilines is 1. The number of halogens is 2. The van der Waals surface area contributed by atoms with Crippen molar-refractivity contribution in [3.05, 3.63) is 64.4 Å². The van der Waals surface area contributed by atoms with Crippen molar-refractivity contribution in [3.63, 3.8) is 0 Å². The SMILES string of the molecule is CC(CC(=O)O)[C@@H]1N=C(c2ccccc2F)c2cc(Cl)ccc2NC1=O. The van der Waals surface area contributed by atoms with Gasteiger partial charge in [-0.3, -0.25) is 14.6 Å². The van der Waals surface area contributed by atoms with E-state index >= 15 is 0 Å². The molecule has 1 heterocycles. The third-order valence-corrected chi connectivity index (χ3v) is 4.43. The number of carbonyl (C=O) groups is 2. The molecule has 2 atom stereocenters. The smallest absolute Gasteiger partial charge is 0.303 e. The van der Waals surface area contributed by atoms with E-state index in [1.54, 1.807) is 43.3 Å². The summed E-state index contributed by atoms with van der Waals surface area (Å²) >= 11 is 6.09. The van der Waals surface area contributed by atoms with Crippen molar-refractivity contribution >= 4 is 34.9 Å². The van der Waals surface area contributed by atoms with Gasteiger partial charge in [-0.1, -0.05) is 30.7 Å². The summed E-state index contributed by atoms with van der Waals surface area (Å²) in [5.41, 5.74) is 1.42. The Labute approximate surface area is 154 Å². The van der Waals surface area contributed by atoms with E-state index in [-0.39, 0.29) is 17.7 Å². The van der Waals surface area contributed by atoms with Gasteiger partial charge in [0.2, 0.25) is 5.91 Å². The van der Waals surface area contributed by atoms with Crippen molar-refractivity contribution in [1.29, 1.82) is 0 Å². The van der Waals surface area contributed by atoms with Gasteiger partial charge in [0, 0.05) is 16.1 Å². The number of benzodiazepines with no additional fused rings is 1. The number of rotatable bonds is 4. The molecule has 1 aliphatic rings. The zero-order chi connectivity index (χ0) is 18.8. The number of hydrogen-bond acceptors (Lipinski definition) is 3. The number of aliphatic carboxylic acids is 1. The average molecular weight is 375 g/mol. The first-order valence-corrected chi connectivity index (χ1v) is 8.40. The fourth-order valence-corrected chi connectivity index (χ4v) is 3.11. The van der Waals surface area contributed by atoms with E-state index in [9.17, 15) is 14.0 Å². The molecule has 0 aromatic heterocycles. The monoisotopic (exact) mass is 374 g/mol. The summed E-state index contributed by atoms with van der Waals surface area (Å²) < 4.78 is 14.4. The Hall–Kier alpha value is -2.73. The molecule has 0 saturated heterocycles. The fraction of sp³-hybridized carbons (Fsp3) is 0.211. The van der Waals surface area contributed by atoms with Crippen LogP contribution >= 0.6 is 11.6 Å². The summed E-state index contributed by atoms with van der Waals surface area (Å²) in [6.45, 7) is 1.63. The number of hydrogen-bond donors (Lipinski definition) is 2. The number of nitrogens with zero attached hydrogens (tertiary/aromatic N) is 1. The van der Waals surface area contributed by atoms with Crippen LogP contribution in [0.4, 0.5) is 10.1 Å². The third-order valence-electron chi connectivity index (χ3n) is 4.20. The Kier molecular flexibility index (Phi) is 5.04. The highest BCUT2D eigenvalue weighted by Crippen LogP contribution is 2.30. The molecule has 1 unspecified atom stereocenters. The zero-order valence-corrected chi connectivity index (χ0v) is 14.6. The van der Waals surface area contributed by atoms with Gasteiger partial charge in [0.05, 0.1) is 17.8 Å². The molecule has 1 aliphatic heterocycles. The molecule has 0 fully saturated rings. The molecule has 2 aromatic rings. The van der Waals surface area contributed by atoms with Crippen molar-refractivity contribution in [2.45, 2.75) is 19.4 Å². The number of amides is 1. The van der Waals surface area contributed by atoms with Gasteiger partial charge in [0.1, 0.15) is 11.9 Å². The van der Waals surface area contributed by atoms with Crippen LogP contribution in [0, 0.1) is 11.7 Å². The second kappa shape index (κ2) is 7.25. The van der Waals surface area contributed by atoms with E-state index < -0.39 is 29.7 Å². The fourth-order valence-electron chi connectivity index (χ4n) is 2.94. The predicted octanol–water partition coefficient (Wildman–Crippen LogP) is 3.75. The van der Waals surface area contributed by atoms with Crippen LogP contribution in [0.5, 0.6) is 0 Å². The van der Waals surface area contributed by atoms with Crippen LogP contribution in [-0.4, -0.2) is 28.7 Å². The average Bonchev–Trinajstić information content (AvgIpc) is 2.71. The lowest BCUT2D eigenvalue weighted by Gasteiger charge is -2.17. The molecule has 0 spiro atoms. The van der Waals surface area contributed by atoms with Gasteiger partial charge in [0.15, 0.2) is 0 Å². The first kappa shape index (κ1) is 18.1. The Bertz CT molecular complexity index is 913. The van der Waals surface area contributed by atoms with E-state index in [2.05, 4.69) is 10.3 Å². The first-order chi connectivity index (χ1) is 12.4. The molecule has 26 heavy (non-hydrogen) atoms. The summed E-state index contributed by atoms with van der Waals surface area (Å²) in [6.07, 6.45) is -0.233. The van der Waals surface area contributed by atoms with Crippen LogP contribution in [0.25, 0.3) is 0 Å². The summed E-state index contributed by atoms with van der Waals surface area (Å²) in [5.74, 6) is -2.53. The van der Waals surface area contributed by atoms with E-state index in [1.165, 1.54) is 6.07 Å². The maximum atomic E-state index is 14.4.